The van der Waals surface area contributed by atoms with E-state index in [1.165, 1.54) is 12.0 Å². The highest BCUT2D eigenvalue weighted by atomic mass is 35.5. The minimum Gasteiger partial charge on any atom is -0.493 e. The quantitative estimate of drug-likeness (QED) is 0.241. The van der Waals surface area contributed by atoms with E-state index in [1.807, 2.05) is 42.5 Å². The molecule has 0 aromatic heterocycles. The van der Waals surface area contributed by atoms with Crippen molar-refractivity contribution < 1.29 is 23.9 Å². The largest absolute Gasteiger partial charge is 0.493 e. The van der Waals surface area contributed by atoms with Gasteiger partial charge in [0.25, 0.3) is 17.1 Å². The molecular weight excluding hydrogens is 536 g/mol. The average molecular weight is 559 g/mol. The second-order valence-electron chi connectivity index (χ2n) is 8.66. The minimum atomic E-state index is -0.351. The Morgan fingerprint density at radius 1 is 0.974 bits per heavy atom. The van der Waals surface area contributed by atoms with Gasteiger partial charge < -0.3 is 14.8 Å². The first-order valence-corrected chi connectivity index (χ1v) is 13.2. The highest BCUT2D eigenvalue weighted by Gasteiger charge is 2.35. The Bertz CT molecular complexity index is 1600. The summed E-state index contributed by atoms with van der Waals surface area (Å²) in [6.07, 6.45) is 1.65. The molecule has 7 nitrogen and oxygen atoms in total. The number of imide groups is 1. The predicted octanol–water partition coefficient (Wildman–Crippen LogP) is 6.76. The lowest BCUT2D eigenvalue weighted by molar-refractivity contribution is -0.123. The number of hydrogen-bond acceptors (Lipinski definition) is 6. The molecule has 0 saturated carbocycles. The number of thioether (sulfide) groups is 1. The van der Waals surface area contributed by atoms with Gasteiger partial charge in [0.05, 0.1) is 18.6 Å². The van der Waals surface area contributed by atoms with Crippen molar-refractivity contribution in [3.05, 3.63) is 106 Å². The highest BCUT2D eigenvalue weighted by Crippen LogP contribution is 2.36. The molecule has 3 amide bonds. The van der Waals surface area contributed by atoms with Gasteiger partial charge in [-0.3, -0.25) is 19.3 Å². The monoisotopic (exact) mass is 558 g/mol. The molecule has 196 valence electrons. The zero-order valence-corrected chi connectivity index (χ0v) is 22.4. The lowest BCUT2D eigenvalue weighted by atomic mass is 10.0. The summed E-state index contributed by atoms with van der Waals surface area (Å²) in [6, 6.07) is 25.5. The molecule has 1 saturated heterocycles. The van der Waals surface area contributed by atoms with Crippen LogP contribution in [-0.4, -0.2) is 35.7 Å². The lowest BCUT2D eigenvalue weighted by Gasteiger charge is -2.14. The fourth-order valence-corrected chi connectivity index (χ4v) is 5.12. The van der Waals surface area contributed by atoms with E-state index in [0.717, 1.165) is 28.1 Å². The third-order valence-corrected chi connectivity index (χ3v) is 7.21. The van der Waals surface area contributed by atoms with Crippen molar-refractivity contribution in [3.8, 4) is 11.5 Å². The number of rotatable bonds is 8. The zero-order valence-electron chi connectivity index (χ0n) is 20.8. The normalized spacial score (nSPS) is 14.2. The van der Waals surface area contributed by atoms with Crippen molar-refractivity contribution in [3.63, 3.8) is 0 Å². The van der Waals surface area contributed by atoms with Crippen LogP contribution >= 0.6 is 23.4 Å². The number of carbonyl (C=O) groups is 3. The van der Waals surface area contributed by atoms with Gasteiger partial charge in [0.15, 0.2) is 18.1 Å². The Balaban J connectivity index is 1.26. The number of halogens is 1. The van der Waals surface area contributed by atoms with Gasteiger partial charge in [-0.05, 0) is 76.1 Å². The molecule has 4 aromatic rings. The summed E-state index contributed by atoms with van der Waals surface area (Å²) in [5.41, 5.74) is 2.16. The van der Waals surface area contributed by atoms with E-state index in [1.54, 1.807) is 48.5 Å². The summed E-state index contributed by atoms with van der Waals surface area (Å²) in [7, 11) is 1.48. The average Bonchev–Trinajstić information content (AvgIpc) is 3.20. The van der Waals surface area contributed by atoms with Crippen LogP contribution in [0.4, 0.5) is 10.5 Å². The van der Waals surface area contributed by atoms with Crippen LogP contribution in [0, 0.1) is 0 Å². The molecule has 1 heterocycles. The first-order valence-electron chi connectivity index (χ1n) is 12.0. The summed E-state index contributed by atoms with van der Waals surface area (Å²) >= 11 is 6.77. The van der Waals surface area contributed by atoms with E-state index >= 15 is 0 Å². The van der Waals surface area contributed by atoms with E-state index in [4.69, 9.17) is 21.1 Å². The Morgan fingerprint density at radius 3 is 2.54 bits per heavy atom. The highest BCUT2D eigenvalue weighted by molar-refractivity contribution is 8.18. The Hall–Kier alpha value is -4.27. The van der Waals surface area contributed by atoms with E-state index in [9.17, 15) is 14.4 Å². The van der Waals surface area contributed by atoms with Crippen molar-refractivity contribution >= 4 is 63.0 Å². The summed E-state index contributed by atoms with van der Waals surface area (Å²) in [6.45, 7) is -0.0388. The molecule has 1 aliphatic rings. The van der Waals surface area contributed by atoms with Gasteiger partial charge in [-0.15, -0.1) is 0 Å². The third-order valence-electron chi connectivity index (χ3n) is 6.05. The van der Waals surface area contributed by atoms with E-state index < -0.39 is 0 Å². The Kier molecular flexibility index (Phi) is 7.86. The number of nitrogens with zero attached hydrogens (tertiary/aromatic N) is 1. The number of benzene rings is 4. The zero-order chi connectivity index (χ0) is 27.4. The standard InChI is InChI=1S/C30H23ClN2O5S/c1-37-26-15-19(9-14-25(26)38-18-28(34)32-23-12-10-22(31)11-13-23)16-27-29(35)33(30(36)39-27)17-21-7-4-6-20-5-2-3-8-24(20)21/h2-16H,17-18H2,1H3,(H,32,34)/b27-16-. The van der Waals surface area contributed by atoms with E-state index in [2.05, 4.69) is 5.32 Å². The second kappa shape index (κ2) is 11.6. The van der Waals surface area contributed by atoms with Crippen LogP contribution in [0.25, 0.3) is 16.8 Å². The second-order valence-corrected chi connectivity index (χ2v) is 10.1. The number of carbonyl (C=O) groups excluding carboxylic acids is 3. The van der Waals surface area contributed by atoms with Gasteiger partial charge in [-0.1, -0.05) is 60.1 Å². The molecule has 0 atom stereocenters. The molecule has 0 unspecified atom stereocenters. The van der Waals surface area contributed by atoms with E-state index in [-0.39, 0.29) is 30.2 Å². The topological polar surface area (TPSA) is 84.9 Å². The van der Waals surface area contributed by atoms with Crippen molar-refractivity contribution in [1.82, 2.24) is 4.90 Å². The van der Waals surface area contributed by atoms with Gasteiger partial charge in [-0.2, -0.15) is 0 Å². The lowest BCUT2D eigenvalue weighted by Crippen LogP contribution is -2.27. The summed E-state index contributed by atoms with van der Waals surface area (Å²) in [5.74, 6) is 0.0578. The number of ether oxygens (including phenoxy) is 2. The molecule has 1 N–H and O–H groups in total. The molecular formula is C30H23ClN2O5S. The maximum absolute atomic E-state index is 13.1. The third kappa shape index (κ3) is 6.08. The van der Waals surface area contributed by atoms with Crippen LogP contribution in [0.3, 0.4) is 0 Å². The SMILES string of the molecule is COc1cc(/C=C2\SC(=O)N(Cc3cccc4ccccc34)C2=O)ccc1OCC(=O)Nc1ccc(Cl)cc1. The number of anilines is 1. The maximum Gasteiger partial charge on any atom is 0.293 e. The maximum atomic E-state index is 13.1. The number of fused-ring (bicyclic) bond motifs is 1. The molecule has 5 rings (SSSR count). The predicted molar refractivity (Wildman–Crippen MR) is 154 cm³/mol. The van der Waals surface area contributed by atoms with Crippen molar-refractivity contribution in [1.29, 1.82) is 0 Å². The minimum absolute atomic E-state index is 0.192. The van der Waals surface area contributed by atoms with Crippen LogP contribution in [0.2, 0.25) is 5.02 Å². The fraction of sp³-hybridized carbons (Fsp3) is 0.100. The van der Waals surface area contributed by atoms with Crippen LogP contribution < -0.4 is 14.8 Å². The molecule has 39 heavy (non-hydrogen) atoms. The summed E-state index contributed by atoms with van der Waals surface area (Å²) < 4.78 is 11.1. The van der Waals surface area contributed by atoms with Crippen LogP contribution in [0.15, 0.2) is 89.8 Å². The van der Waals surface area contributed by atoms with Crippen LogP contribution in [0.1, 0.15) is 11.1 Å². The molecule has 9 heteroatoms. The Morgan fingerprint density at radius 2 is 1.74 bits per heavy atom. The van der Waals surface area contributed by atoms with Gasteiger partial charge in [-0.25, -0.2) is 0 Å². The first-order chi connectivity index (χ1) is 18.9. The van der Waals surface area contributed by atoms with Crippen molar-refractivity contribution in [2.75, 3.05) is 19.0 Å². The molecule has 4 aromatic carbocycles. The number of methoxy groups -OCH3 is 1. The number of nitrogens with one attached hydrogen (secondary N) is 1. The fourth-order valence-electron chi connectivity index (χ4n) is 4.16. The van der Waals surface area contributed by atoms with Gasteiger partial charge in [0.1, 0.15) is 0 Å². The molecule has 0 bridgehead atoms. The molecule has 0 radical (unpaired) electrons. The van der Waals surface area contributed by atoms with Crippen molar-refractivity contribution in [2.24, 2.45) is 0 Å². The van der Waals surface area contributed by atoms with E-state index in [0.29, 0.717) is 32.7 Å². The molecule has 0 spiro atoms. The molecule has 1 aliphatic heterocycles. The van der Waals surface area contributed by atoms with Gasteiger partial charge >= 0.3 is 0 Å². The number of hydrogen-bond donors (Lipinski definition) is 1. The van der Waals surface area contributed by atoms with Crippen molar-refractivity contribution in [2.45, 2.75) is 6.54 Å². The molecule has 1 fully saturated rings. The van der Waals surface area contributed by atoms with Gasteiger partial charge in [0.2, 0.25) is 0 Å². The number of amides is 3. The molecule has 0 aliphatic carbocycles. The first kappa shape index (κ1) is 26.3. The summed E-state index contributed by atoms with van der Waals surface area (Å²) in [5, 5.41) is 5.03. The van der Waals surface area contributed by atoms with Gasteiger partial charge in [0, 0.05) is 10.7 Å². The van der Waals surface area contributed by atoms with Crippen LogP contribution in [-0.2, 0) is 16.1 Å². The smallest absolute Gasteiger partial charge is 0.293 e. The summed E-state index contributed by atoms with van der Waals surface area (Å²) in [4.78, 5) is 39.7. The Labute approximate surface area is 234 Å². The van der Waals surface area contributed by atoms with Crippen LogP contribution in [0.5, 0.6) is 11.5 Å².